The topological polar surface area (TPSA) is 94.2 Å². The van der Waals surface area contributed by atoms with Gasteiger partial charge in [-0.25, -0.2) is 8.42 Å². The van der Waals surface area contributed by atoms with Crippen LogP contribution in [0.1, 0.15) is 11.1 Å². The number of sulfonamides is 1. The molecule has 0 unspecified atom stereocenters. The van der Waals surface area contributed by atoms with Crippen molar-refractivity contribution in [2.75, 3.05) is 38.2 Å². The Morgan fingerprint density at radius 3 is 2.29 bits per heavy atom. The summed E-state index contributed by atoms with van der Waals surface area (Å²) < 4.78 is 44.0. The minimum absolute atomic E-state index is 0.171. The molecular formula is C26H28N2O6S. The van der Waals surface area contributed by atoms with Crippen molar-refractivity contribution in [2.24, 2.45) is 0 Å². The summed E-state index contributed by atoms with van der Waals surface area (Å²) in [4.78, 5) is 12.6. The van der Waals surface area contributed by atoms with Gasteiger partial charge in [0.05, 0.1) is 18.1 Å². The maximum absolute atomic E-state index is 13.0. The monoisotopic (exact) mass is 496 g/mol. The average Bonchev–Trinajstić information content (AvgIpc) is 2.89. The van der Waals surface area contributed by atoms with Gasteiger partial charge in [-0.15, -0.1) is 0 Å². The SMILES string of the molecule is Cc1ccc(NC(=O)COc2ccc(OCc3ccccc3)cc2)cc1S(=O)(=O)N1CCOCC1. The second-order valence-electron chi connectivity index (χ2n) is 8.08. The van der Waals surface area contributed by atoms with E-state index < -0.39 is 15.9 Å². The van der Waals surface area contributed by atoms with Crippen molar-refractivity contribution in [3.63, 3.8) is 0 Å². The molecule has 1 heterocycles. The third kappa shape index (κ3) is 6.60. The van der Waals surface area contributed by atoms with E-state index in [0.717, 1.165) is 5.56 Å². The number of nitrogens with zero attached hydrogens (tertiary/aromatic N) is 1. The molecule has 4 rings (SSSR count). The van der Waals surface area contributed by atoms with Crippen LogP contribution in [0.3, 0.4) is 0 Å². The van der Waals surface area contributed by atoms with Gasteiger partial charge in [0.1, 0.15) is 18.1 Å². The van der Waals surface area contributed by atoms with Crippen LogP contribution >= 0.6 is 0 Å². The van der Waals surface area contributed by atoms with Gasteiger partial charge in [0.15, 0.2) is 6.61 Å². The van der Waals surface area contributed by atoms with Crippen LogP contribution in [-0.2, 0) is 26.2 Å². The second kappa shape index (κ2) is 11.4. The Morgan fingerprint density at radius 1 is 0.943 bits per heavy atom. The van der Waals surface area contributed by atoms with Crippen LogP contribution in [-0.4, -0.2) is 51.5 Å². The summed E-state index contributed by atoms with van der Waals surface area (Å²) in [6, 6.07) is 21.7. The van der Waals surface area contributed by atoms with Gasteiger partial charge in [0.2, 0.25) is 10.0 Å². The van der Waals surface area contributed by atoms with Crippen molar-refractivity contribution in [3.05, 3.63) is 83.9 Å². The zero-order valence-electron chi connectivity index (χ0n) is 19.5. The minimum Gasteiger partial charge on any atom is -0.489 e. The van der Waals surface area contributed by atoms with Gasteiger partial charge in [-0.1, -0.05) is 36.4 Å². The molecular weight excluding hydrogens is 468 g/mol. The van der Waals surface area contributed by atoms with E-state index in [4.69, 9.17) is 14.2 Å². The molecule has 35 heavy (non-hydrogen) atoms. The summed E-state index contributed by atoms with van der Waals surface area (Å²) in [5.74, 6) is 0.819. The summed E-state index contributed by atoms with van der Waals surface area (Å²) in [5.41, 5.74) is 2.07. The van der Waals surface area contributed by atoms with E-state index >= 15 is 0 Å². The maximum Gasteiger partial charge on any atom is 0.262 e. The van der Waals surface area contributed by atoms with Crippen LogP contribution in [0.4, 0.5) is 5.69 Å². The van der Waals surface area contributed by atoms with E-state index in [-0.39, 0.29) is 11.5 Å². The van der Waals surface area contributed by atoms with E-state index in [2.05, 4.69) is 5.32 Å². The molecule has 3 aromatic rings. The zero-order valence-corrected chi connectivity index (χ0v) is 20.3. The number of nitrogens with one attached hydrogen (secondary N) is 1. The number of aryl methyl sites for hydroxylation is 1. The Balaban J connectivity index is 1.31. The van der Waals surface area contributed by atoms with Gasteiger partial charge in [0.25, 0.3) is 5.91 Å². The molecule has 8 nitrogen and oxygen atoms in total. The summed E-state index contributed by atoms with van der Waals surface area (Å²) in [7, 11) is -3.67. The number of benzene rings is 3. The molecule has 1 saturated heterocycles. The highest BCUT2D eigenvalue weighted by atomic mass is 32.2. The van der Waals surface area contributed by atoms with E-state index in [1.165, 1.54) is 10.4 Å². The average molecular weight is 497 g/mol. The molecule has 0 bridgehead atoms. The molecule has 1 N–H and O–H groups in total. The Labute approximate surface area is 205 Å². The number of carbonyl (C=O) groups is 1. The second-order valence-corrected chi connectivity index (χ2v) is 9.99. The lowest BCUT2D eigenvalue weighted by Gasteiger charge is -2.26. The van der Waals surface area contributed by atoms with E-state index in [0.29, 0.717) is 55.7 Å². The van der Waals surface area contributed by atoms with Crippen molar-refractivity contribution in [1.29, 1.82) is 0 Å². The summed E-state index contributed by atoms with van der Waals surface area (Å²) >= 11 is 0. The first-order chi connectivity index (χ1) is 16.9. The number of amides is 1. The summed E-state index contributed by atoms with van der Waals surface area (Å²) in [5, 5.41) is 2.71. The molecule has 0 aromatic heterocycles. The highest BCUT2D eigenvalue weighted by molar-refractivity contribution is 7.89. The first kappa shape index (κ1) is 24.7. The molecule has 1 aliphatic rings. The number of ether oxygens (including phenoxy) is 3. The Hall–Kier alpha value is -3.40. The highest BCUT2D eigenvalue weighted by Gasteiger charge is 2.28. The van der Waals surface area contributed by atoms with Crippen molar-refractivity contribution < 1.29 is 27.4 Å². The Bertz CT molecular complexity index is 1240. The molecule has 184 valence electrons. The highest BCUT2D eigenvalue weighted by Crippen LogP contribution is 2.24. The lowest BCUT2D eigenvalue weighted by molar-refractivity contribution is -0.118. The zero-order chi connectivity index (χ0) is 24.7. The molecule has 1 amide bonds. The van der Waals surface area contributed by atoms with Crippen LogP contribution < -0.4 is 14.8 Å². The van der Waals surface area contributed by atoms with E-state index in [9.17, 15) is 13.2 Å². The number of morpholine rings is 1. The third-order valence-corrected chi connectivity index (χ3v) is 7.54. The number of anilines is 1. The fourth-order valence-electron chi connectivity index (χ4n) is 3.60. The van der Waals surface area contributed by atoms with E-state index in [1.807, 2.05) is 30.3 Å². The summed E-state index contributed by atoms with van der Waals surface area (Å²) in [6.45, 7) is 3.32. The van der Waals surface area contributed by atoms with Crippen LogP contribution in [0.2, 0.25) is 0 Å². The van der Waals surface area contributed by atoms with Gasteiger partial charge >= 0.3 is 0 Å². The van der Waals surface area contributed by atoms with Crippen LogP contribution in [0.5, 0.6) is 11.5 Å². The van der Waals surface area contributed by atoms with Crippen LogP contribution in [0.25, 0.3) is 0 Å². The normalized spacial score (nSPS) is 14.3. The number of carbonyl (C=O) groups excluding carboxylic acids is 1. The van der Waals surface area contributed by atoms with Crippen LogP contribution in [0.15, 0.2) is 77.7 Å². The Morgan fingerprint density at radius 2 is 1.60 bits per heavy atom. The number of hydrogen-bond acceptors (Lipinski definition) is 6. The van der Waals surface area contributed by atoms with Gasteiger partial charge in [-0.05, 0) is 54.4 Å². The number of rotatable bonds is 9. The van der Waals surface area contributed by atoms with Crippen molar-refractivity contribution in [3.8, 4) is 11.5 Å². The molecule has 0 spiro atoms. The number of hydrogen-bond donors (Lipinski definition) is 1. The molecule has 0 atom stereocenters. The quantitative estimate of drug-likeness (QED) is 0.486. The predicted octanol–water partition coefficient (Wildman–Crippen LogP) is 3.61. The van der Waals surface area contributed by atoms with Crippen molar-refractivity contribution in [1.82, 2.24) is 4.31 Å². The fraction of sp³-hybridized carbons (Fsp3) is 0.269. The van der Waals surface area contributed by atoms with Gasteiger partial charge in [0, 0.05) is 18.8 Å². The first-order valence-corrected chi connectivity index (χ1v) is 12.7. The molecule has 1 aliphatic heterocycles. The van der Waals surface area contributed by atoms with Crippen molar-refractivity contribution >= 4 is 21.6 Å². The third-order valence-electron chi connectivity index (χ3n) is 5.50. The lowest BCUT2D eigenvalue weighted by Crippen LogP contribution is -2.40. The standard InChI is InChI=1S/C26H28N2O6S/c1-20-7-8-22(17-25(20)35(30,31)28-13-15-32-16-14-28)27-26(29)19-34-24-11-9-23(10-12-24)33-18-21-5-3-2-4-6-21/h2-12,17H,13-16,18-19H2,1H3,(H,27,29). The molecule has 3 aromatic carbocycles. The fourth-order valence-corrected chi connectivity index (χ4v) is 5.26. The van der Waals surface area contributed by atoms with Gasteiger partial charge in [-0.2, -0.15) is 4.31 Å². The smallest absolute Gasteiger partial charge is 0.262 e. The minimum atomic E-state index is -3.67. The molecule has 0 radical (unpaired) electrons. The summed E-state index contributed by atoms with van der Waals surface area (Å²) in [6.07, 6.45) is 0. The van der Waals surface area contributed by atoms with Crippen LogP contribution in [0, 0.1) is 6.92 Å². The largest absolute Gasteiger partial charge is 0.489 e. The lowest BCUT2D eigenvalue weighted by atomic mass is 10.2. The predicted molar refractivity (Wildman–Crippen MR) is 132 cm³/mol. The van der Waals surface area contributed by atoms with Gasteiger partial charge in [-0.3, -0.25) is 4.79 Å². The van der Waals surface area contributed by atoms with E-state index in [1.54, 1.807) is 43.3 Å². The Kier molecular flexibility index (Phi) is 8.02. The molecule has 1 fully saturated rings. The maximum atomic E-state index is 13.0. The molecule has 0 saturated carbocycles. The van der Waals surface area contributed by atoms with Crippen molar-refractivity contribution in [2.45, 2.75) is 18.4 Å². The van der Waals surface area contributed by atoms with Gasteiger partial charge < -0.3 is 19.5 Å². The molecule has 9 heteroatoms. The first-order valence-electron chi connectivity index (χ1n) is 11.3. The molecule has 0 aliphatic carbocycles.